The van der Waals surface area contributed by atoms with Gasteiger partial charge >= 0.3 is 13.4 Å². The van der Waals surface area contributed by atoms with Crippen LogP contribution in [0.1, 0.15) is 44.2 Å². The number of halogens is 1. The molecule has 40 heavy (non-hydrogen) atoms. The Morgan fingerprint density at radius 2 is 2.00 bits per heavy atom. The normalized spacial score (nSPS) is 25.6. The highest BCUT2D eigenvalue weighted by Crippen LogP contribution is 2.53. The van der Waals surface area contributed by atoms with Gasteiger partial charge in [-0.15, -0.1) is 0 Å². The fraction of sp³-hybridized carbons (Fsp3) is 0.667. The molecule has 0 radical (unpaired) electrons. The molecule has 3 aromatic rings. The Bertz CT molecular complexity index is 1440. The van der Waals surface area contributed by atoms with Gasteiger partial charge in [0.1, 0.15) is 24.1 Å². The lowest BCUT2D eigenvalue weighted by Crippen LogP contribution is -2.42. The summed E-state index contributed by atoms with van der Waals surface area (Å²) in [6.07, 6.45) is -0.673. The molecular formula is C21H29ClN7O10P. The molecule has 0 amide bonds. The van der Waals surface area contributed by atoms with Crippen molar-refractivity contribution in [2.24, 2.45) is 0 Å². The Labute approximate surface area is 230 Å². The number of aromatic nitrogens is 6. The molecule has 4 heterocycles. The molecule has 17 nitrogen and oxygen atoms in total. The predicted molar refractivity (Wildman–Crippen MR) is 135 cm³/mol. The van der Waals surface area contributed by atoms with E-state index in [0.29, 0.717) is 11.2 Å². The van der Waals surface area contributed by atoms with Gasteiger partial charge in [-0.05, 0) is 30.9 Å². The number of aromatic amines is 1. The molecule has 5 rings (SSSR count). The molecule has 2 fully saturated rings. The zero-order chi connectivity index (χ0) is 28.7. The number of H-pyrrole nitrogens is 1. The minimum atomic E-state index is -5.13. The van der Waals surface area contributed by atoms with E-state index < -0.39 is 62.9 Å². The number of nitrogens with zero attached hydrogens (tertiary/aromatic N) is 5. The Morgan fingerprint density at radius 3 is 2.65 bits per heavy atom. The highest BCUT2D eigenvalue weighted by Gasteiger charge is 2.51. The summed E-state index contributed by atoms with van der Waals surface area (Å²) in [6, 6.07) is 0.222. The van der Waals surface area contributed by atoms with Gasteiger partial charge in [-0.25, -0.2) is 9.48 Å². The quantitative estimate of drug-likeness (QED) is 0.109. The predicted octanol–water partition coefficient (Wildman–Crippen LogP) is -0.355. The summed E-state index contributed by atoms with van der Waals surface area (Å²) in [5, 5.41) is 40.5. The molecule has 0 aromatic carbocycles. The number of rotatable bonds is 11. The molecule has 5 atom stereocenters. The molecule has 1 saturated carbocycles. The van der Waals surface area contributed by atoms with Crippen LogP contribution in [0.15, 0.2) is 15.5 Å². The summed E-state index contributed by atoms with van der Waals surface area (Å²) in [5.41, 5.74) is 0.236. The molecule has 19 heteroatoms. The molecule has 1 saturated heterocycles. The van der Waals surface area contributed by atoms with Crippen LogP contribution in [0.5, 0.6) is 0 Å². The highest BCUT2D eigenvalue weighted by molar-refractivity contribution is 7.53. The molecule has 1 aliphatic carbocycles. The zero-order valence-electron chi connectivity index (χ0n) is 21.0. The fourth-order valence-electron chi connectivity index (χ4n) is 4.97. The first-order valence-corrected chi connectivity index (χ1v) is 14.5. The van der Waals surface area contributed by atoms with E-state index in [9.17, 15) is 34.5 Å². The Kier molecular flexibility index (Phi) is 8.29. The van der Waals surface area contributed by atoms with Crippen molar-refractivity contribution in [2.45, 2.75) is 74.4 Å². The summed E-state index contributed by atoms with van der Waals surface area (Å²) in [5.74, 6) is -0.396. The number of aliphatic hydroxyl groups is 3. The van der Waals surface area contributed by atoms with Crippen molar-refractivity contribution in [1.29, 1.82) is 0 Å². The molecule has 1 aliphatic heterocycles. The van der Waals surface area contributed by atoms with Gasteiger partial charge in [-0.3, -0.25) is 14.1 Å². The van der Waals surface area contributed by atoms with Crippen LogP contribution in [-0.4, -0.2) is 97.9 Å². The van der Waals surface area contributed by atoms with Crippen molar-refractivity contribution in [2.75, 3.05) is 18.5 Å². The van der Waals surface area contributed by atoms with Crippen LogP contribution >= 0.6 is 19.2 Å². The van der Waals surface area contributed by atoms with Crippen molar-refractivity contribution in [3.8, 4) is 0 Å². The third-order valence-corrected chi connectivity index (χ3v) is 8.96. The summed E-state index contributed by atoms with van der Waals surface area (Å²) in [7, 11) is -5.13. The van der Waals surface area contributed by atoms with Gasteiger partial charge < -0.3 is 39.9 Å². The van der Waals surface area contributed by atoms with Gasteiger partial charge in [0.05, 0.1) is 24.8 Å². The maximum Gasteiger partial charge on any atom is 0.438 e. The van der Waals surface area contributed by atoms with E-state index in [2.05, 4.69) is 35.0 Å². The number of hydrogen-bond donors (Lipinski definition) is 7. The summed E-state index contributed by atoms with van der Waals surface area (Å²) in [4.78, 5) is 41.9. The van der Waals surface area contributed by atoms with Gasteiger partial charge in [-0.1, -0.05) is 18.0 Å². The second kappa shape index (κ2) is 11.4. The number of aryl methyl sites for hydroxylation is 1. The molecule has 0 spiro atoms. The SMILES string of the molecule is O=c1[nH]c(CC[C@@](CO)(OC[C@H]2O[C@@H](n3ncc4c(NC5CCCC5)nc(Cl)nc43)[C@H](O)[C@@H]2O)P(=O)(O)O)no1. The van der Waals surface area contributed by atoms with Crippen LogP contribution < -0.4 is 11.1 Å². The average molecular weight is 606 g/mol. The third-order valence-electron chi connectivity index (χ3n) is 7.23. The number of fused-ring (bicyclic) bond motifs is 1. The largest absolute Gasteiger partial charge is 0.438 e. The first-order valence-electron chi connectivity index (χ1n) is 12.6. The van der Waals surface area contributed by atoms with Crippen molar-refractivity contribution in [3.05, 3.63) is 27.9 Å². The fourth-order valence-corrected chi connectivity index (χ4v) is 5.96. The Hall–Kier alpha value is -2.47. The maximum absolute atomic E-state index is 12.3. The number of hydrogen-bond acceptors (Lipinski definition) is 13. The number of aliphatic hydroxyl groups excluding tert-OH is 3. The molecule has 2 aliphatic rings. The molecular weight excluding hydrogens is 577 g/mol. The topological polar surface area (TPSA) is 251 Å². The van der Waals surface area contributed by atoms with Gasteiger partial charge in [0, 0.05) is 12.5 Å². The molecule has 0 unspecified atom stereocenters. The lowest BCUT2D eigenvalue weighted by molar-refractivity contribution is -0.111. The average Bonchev–Trinajstić information content (AvgIpc) is 3.69. The van der Waals surface area contributed by atoms with Crippen LogP contribution in [0, 0.1) is 0 Å². The van der Waals surface area contributed by atoms with E-state index in [1.165, 1.54) is 10.9 Å². The van der Waals surface area contributed by atoms with E-state index >= 15 is 0 Å². The van der Waals surface area contributed by atoms with Crippen molar-refractivity contribution < 1.29 is 43.7 Å². The van der Waals surface area contributed by atoms with Crippen LogP contribution in [-0.2, 0) is 20.5 Å². The number of nitrogens with one attached hydrogen (secondary N) is 2. The first-order chi connectivity index (χ1) is 19.0. The summed E-state index contributed by atoms with van der Waals surface area (Å²) >= 11 is 6.17. The minimum Gasteiger partial charge on any atom is -0.393 e. The molecule has 3 aromatic heterocycles. The smallest absolute Gasteiger partial charge is 0.393 e. The zero-order valence-corrected chi connectivity index (χ0v) is 22.6. The maximum atomic E-state index is 12.3. The first kappa shape index (κ1) is 29.0. The van der Waals surface area contributed by atoms with E-state index in [1.54, 1.807) is 0 Å². The Balaban J connectivity index is 1.33. The number of anilines is 1. The Morgan fingerprint density at radius 1 is 1.25 bits per heavy atom. The van der Waals surface area contributed by atoms with Crippen LogP contribution in [0.25, 0.3) is 11.0 Å². The van der Waals surface area contributed by atoms with E-state index in [4.69, 9.17) is 21.1 Å². The standard InChI is InChI=1S/C21H29ClN7O10P/c22-19-26-16(24-10-3-1-2-4-10)11-7-23-29(17(11)27-19)18-15(32)14(31)12(38-18)8-37-21(9-30,40(34,35)36)6-5-13-25-20(33)39-28-13/h7,10,12,14-15,18,30-32H,1-6,8-9H2,(H,24,26,27)(H,25,28,33)(H2,34,35,36)/t12-,14-,15-,18-,21-/m1/s1. The minimum absolute atomic E-state index is 0.0134. The number of ether oxygens (including phenoxy) is 2. The van der Waals surface area contributed by atoms with Crippen LogP contribution in [0.3, 0.4) is 0 Å². The molecule has 7 N–H and O–H groups in total. The monoisotopic (exact) mass is 605 g/mol. The van der Waals surface area contributed by atoms with Gasteiger partial charge in [-0.2, -0.15) is 15.1 Å². The third kappa shape index (κ3) is 5.66. The van der Waals surface area contributed by atoms with Crippen molar-refractivity contribution in [3.63, 3.8) is 0 Å². The van der Waals surface area contributed by atoms with E-state index in [-0.39, 0.29) is 29.2 Å². The lowest BCUT2D eigenvalue weighted by atomic mass is 10.1. The van der Waals surface area contributed by atoms with Crippen LogP contribution in [0.4, 0.5) is 5.82 Å². The second-order valence-corrected chi connectivity index (χ2v) is 12.1. The van der Waals surface area contributed by atoms with E-state index in [0.717, 1.165) is 25.7 Å². The van der Waals surface area contributed by atoms with Gasteiger partial charge in [0.15, 0.2) is 23.0 Å². The highest BCUT2D eigenvalue weighted by atomic mass is 35.5. The summed E-state index contributed by atoms with van der Waals surface area (Å²) in [6.45, 7) is -1.73. The van der Waals surface area contributed by atoms with Crippen LogP contribution in [0.2, 0.25) is 5.28 Å². The lowest BCUT2D eigenvalue weighted by Gasteiger charge is -2.33. The molecule has 0 bridgehead atoms. The van der Waals surface area contributed by atoms with Crippen molar-refractivity contribution in [1.82, 2.24) is 29.9 Å². The van der Waals surface area contributed by atoms with Crippen molar-refractivity contribution >= 4 is 36.0 Å². The molecule has 220 valence electrons. The second-order valence-electron chi connectivity index (χ2n) is 9.84. The summed E-state index contributed by atoms with van der Waals surface area (Å²) < 4.78 is 29.3. The van der Waals surface area contributed by atoms with Gasteiger partial charge in [0.2, 0.25) is 5.28 Å². The van der Waals surface area contributed by atoms with Gasteiger partial charge in [0.25, 0.3) is 0 Å². The van der Waals surface area contributed by atoms with E-state index in [1.807, 2.05) is 0 Å².